The highest BCUT2D eigenvalue weighted by Gasteiger charge is 2.13. The molecule has 0 heterocycles. The van der Waals surface area contributed by atoms with Gasteiger partial charge >= 0.3 is 0 Å². The lowest BCUT2D eigenvalue weighted by atomic mass is 10.1. The molecular formula is C12H18ClNO2. The summed E-state index contributed by atoms with van der Waals surface area (Å²) in [6.07, 6.45) is 0. The second kappa shape index (κ2) is 5.97. The fourth-order valence-electron chi connectivity index (χ4n) is 1.61. The zero-order valence-corrected chi connectivity index (χ0v) is 10.9. The van der Waals surface area contributed by atoms with E-state index in [2.05, 4.69) is 19.2 Å². The van der Waals surface area contributed by atoms with Crippen molar-refractivity contribution >= 4 is 11.6 Å². The molecule has 1 rings (SSSR count). The van der Waals surface area contributed by atoms with Crippen LogP contribution in [0.1, 0.15) is 25.5 Å². The summed E-state index contributed by atoms with van der Waals surface area (Å²) in [7, 11) is 3.19. The third-order valence-electron chi connectivity index (χ3n) is 2.47. The third-order valence-corrected chi connectivity index (χ3v) is 2.75. The molecule has 0 aliphatic rings. The Kier molecular flexibility index (Phi) is 4.90. The Morgan fingerprint density at radius 2 is 2.00 bits per heavy atom. The van der Waals surface area contributed by atoms with Crippen LogP contribution in [0.15, 0.2) is 12.1 Å². The van der Waals surface area contributed by atoms with Gasteiger partial charge in [0.05, 0.1) is 19.2 Å². The van der Waals surface area contributed by atoms with Crippen LogP contribution < -0.4 is 14.8 Å². The van der Waals surface area contributed by atoms with Gasteiger partial charge in [-0.3, -0.25) is 0 Å². The summed E-state index contributed by atoms with van der Waals surface area (Å²) in [4.78, 5) is 0. The molecule has 0 radical (unpaired) electrons. The molecule has 16 heavy (non-hydrogen) atoms. The molecule has 0 bridgehead atoms. The average molecular weight is 244 g/mol. The zero-order chi connectivity index (χ0) is 12.1. The van der Waals surface area contributed by atoms with Crippen molar-refractivity contribution < 1.29 is 9.47 Å². The number of methoxy groups -OCH3 is 2. The van der Waals surface area contributed by atoms with Gasteiger partial charge in [0.15, 0.2) is 11.5 Å². The monoisotopic (exact) mass is 243 g/mol. The zero-order valence-electron chi connectivity index (χ0n) is 10.1. The summed E-state index contributed by atoms with van der Waals surface area (Å²) in [5.74, 6) is 1.24. The van der Waals surface area contributed by atoms with Gasteiger partial charge in [0.25, 0.3) is 0 Å². The maximum Gasteiger partial charge on any atom is 0.179 e. The first kappa shape index (κ1) is 13.1. The number of nitrogens with one attached hydrogen (secondary N) is 1. The van der Waals surface area contributed by atoms with Crippen LogP contribution in [-0.2, 0) is 0 Å². The highest BCUT2D eigenvalue weighted by atomic mass is 35.5. The van der Waals surface area contributed by atoms with Gasteiger partial charge in [0, 0.05) is 6.04 Å². The summed E-state index contributed by atoms with van der Waals surface area (Å²) in [6.45, 7) is 5.06. The minimum atomic E-state index is 0.238. The molecule has 3 nitrogen and oxygen atoms in total. The summed E-state index contributed by atoms with van der Waals surface area (Å²) in [6, 6.07) is 4.08. The van der Waals surface area contributed by atoms with Crippen molar-refractivity contribution in [1.82, 2.24) is 5.32 Å². The molecule has 1 N–H and O–H groups in total. The van der Waals surface area contributed by atoms with E-state index in [4.69, 9.17) is 21.1 Å². The van der Waals surface area contributed by atoms with E-state index in [1.165, 1.54) is 0 Å². The Bertz CT molecular complexity index is 355. The van der Waals surface area contributed by atoms with Crippen molar-refractivity contribution in [3.05, 3.63) is 22.7 Å². The Morgan fingerprint density at radius 3 is 2.50 bits per heavy atom. The van der Waals surface area contributed by atoms with Crippen LogP contribution in [0.25, 0.3) is 0 Å². The van der Waals surface area contributed by atoms with Gasteiger partial charge < -0.3 is 14.8 Å². The van der Waals surface area contributed by atoms with Crippen molar-refractivity contribution in [2.45, 2.75) is 19.9 Å². The van der Waals surface area contributed by atoms with Gasteiger partial charge in [-0.15, -0.1) is 0 Å². The van der Waals surface area contributed by atoms with Crippen molar-refractivity contribution in [2.24, 2.45) is 0 Å². The van der Waals surface area contributed by atoms with Crippen LogP contribution in [0.2, 0.25) is 5.02 Å². The van der Waals surface area contributed by atoms with Gasteiger partial charge in [-0.2, -0.15) is 0 Å². The van der Waals surface area contributed by atoms with E-state index in [-0.39, 0.29) is 6.04 Å². The Labute approximate surface area is 102 Å². The second-order valence-corrected chi connectivity index (χ2v) is 3.92. The summed E-state index contributed by atoms with van der Waals surface area (Å²) < 4.78 is 10.4. The first-order chi connectivity index (χ1) is 7.63. The number of halogens is 1. The SMILES string of the molecule is CCNC(C)c1cc(Cl)c(OC)c(OC)c1. The van der Waals surface area contributed by atoms with Crippen LogP contribution in [0.5, 0.6) is 11.5 Å². The van der Waals surface area contributed by atoms with Crippen LogP contribution in [-0.4, -0.2) is 20.8 Å². The molecule has 90 valence electrons. The van der Waals surface area contributed by atoms with Crippen molar-refractivity contribution in [1.29, 1.82) is 0 Å². The first-order valence-electron chi connectivity index (χ1n) is 5.28. The largest absolute Gasteiger partial charge is 0.493 e. The van der Waals surface area contributed by atoms with Crippen LogP contribution in [0.3, 0.4) is 0 Å². The smallest absolute Gasteiger partial charge is 0.179 e. The molecule has 0 spiro atoms. The predicted molar refractivity (Wildman–Crippen MR) is 66.6 cm³/mol. The molecule has 4 heteroatoms. The van der Waals surface area contributed by atoms with Gasteiger partial charge in [-0.1, -0.05) is 18.5 Å². The maximum absolute atomic E-state index is 6.12. The van der Waals surface area contributed by atoms with Gasteiger partial charge in [-0.25, -0.2) is 0 Å². The van der Waals surface area contributed by atoms with Crippen LogP contribution >= 0.6 is 11.6 Å². The molecule has 0 aliphatic heterocycles. The molecule has 0 saturated heterocycles. The van der Waals surface area contributed by atoms with E-state index < -0.39 is 0 Å². The van der Waals surface area contributed by atoms with Crippen molar-refractivity contribution in [3.63, 3.8) is 0 Å². The fourth-order valence-corrected chi connectivity index (χ4v) is 1.91. The molecule has 1 aromatic rings. The molecule has 1 aromatic carbocycles. The lowest BCUT2D eigenvalue weighted by Gasteiger charge is -2.16. The molecule has 0 saturated carbocycles. The van der Waals surface area contributed by atoms with E-state index in [9.17, 15) is 0 Å². The standard InChI is InChI=1S/C12H18ClNO2/c1-5-14-8(2)9-6-10(13)12(16-4)11(7-9)15-3/h6-8,14H,5H2,1-4H3. The molecular weight excluding hydrogens is 226 g/mol. The van der Waals surface area contributed by atoms with Crippen LogP contribution in [0.4, 0.5) is 0 Å². The Morgan fingerprint density at radius 1 is 1.31 bits per heavy atom. The molecule has 0 aromatic heterocycles. The molecule has 0 fully saturated rings. The van der Waals surface area contributed by atoms with Crippen molar-refractivity contribution in [2.75, 3.05) is 20.8 Å². The normalized spacial score (nSPS) is 12.3. The van der Waals surface area contributed by atoms with E-state index in [0.29, 0.717) is 16.5 Å². The summed E-state index contributed by atoms with van der Waals surface area (Å²) >= 11 is 6.12. The highest BCUT2D eigenvalue weighted by molar-refractivity contribution is 6.32. The van der Waals surface area contributed by atoms with E-state index >= 15 is 0 Å². The topological polar surface area (TPSA) is 30.5 Å². The minimum Gasteiger partial charge on any atom is -0.493 e. The lowest BCUT2D eigenvalue weighted by Crippen LogP contribution is -2.17. The fraction of sp³-hybridized carbons (Fsp3) is 0.500. The van der Waals surface area contributed by atoms with Gasteiger partial charge in [0.1, 0.15) is 0 Å². The minimum absolute atomic E-state index is 0.238. The average Bonchev–Trinajstić information content (AvgIpc) is 2.28. The predicted octanol–water partition coefficient (Wildman–Crippen LogP) is 3.03. The van der Waals surface area contributed by atoms with Gasteiger partial charge in [-0.05, 0) is 31.2 Å². The molecule has 1 atom stereocenters. The number of ether oxygens (including phenoxy) is 2. The molecule has 1 unspecified atom stereocenters. The number of rotatable bonds is 5. The van der Waals surface area contributed by atoms with E-state index in [1.54, 1.807) is 14.2 Å². The number of benzene rings is 1. The maximum atomic E-state index is 6.12. The molecule has 0 aliphatic carbocycles. The Hall–Kier alpha value is -0.930. The summed E-state index contributed by atoms with van der Waals surface area (Å²) in [5.41, 5.74) is 1.09. The number of hydrogen-bond donors (Lipinski definition) is 1. The second-order valence-electron chi connectivity index (χ2n) is 3.52. The van der Waals surface area contributed by atoms with E-state index in [0.717, 1.165) is 12.1 Å². The Balaban J connectivity index is 3.09. The third kappa shape index (κ3) is 2.80. The quantitative estimate of drug-likeness (QED) is 0.862. The number of hydrogen-bond acceptors (Lipinski definition) is 3. The van der Waals surface area contributed by atoms with Crippen LogP contribution in [0, 0.1) is 0 Å². The first-order valence-corrected chi connectivity index (χ1v) is 5.66. The highest BCUT2D eigenvalue weighted by Crippen LogP contribution is 2.37. The van der Waals surface area contributed by atoms with Gasteiger partial charge in [0.2, 0.25) is 0 Å². The summed E-state index contributed by atoms with van der Waals surface area (Å²) in [5, 5.41) is 3.89. The molecule has 0 amide bonds. The van der Waals surface area contributed by atoms with E-state index in [1.807, 2.05) is 12.1 Å². The lowest BCUT2D eigenvalue weighted by molar-refractivity contribution is 0.354. The van der Waals surface area contributed by atoms with Crippen molar-refractivity contribution in [3.8, 4) is 11.5 Å².